The van der Waals surface area contributed by atoms with Gasteiger partial charge in [-0.3, -0.25) is 0 Å². The zero-order valence-corrected chi connectivity index (χ0v) is 11.9. The SMILES string of the molecule is Cc1ccc(Oc2cccc(Br)c2/C(N)=N/O)cc1. The van der Waals surface area contributed by atoms with Crippen LogP contribution in [0.15, 0.2) is 52.1 Å². The average Bonchev–Trinajstić information content (AvgIpc) is 2.41. The Balaban J connectivity index is 2.40. The minimum absolute atomic E-state index is 0.00501. The number of aryl methyl sites for hydroxylation is 1. The number of hydrogen-bond acceptors (Lipinski definition) is 3. The first kappa shape index (κ1) is 13.4. The molecule has 2 aromatic carbocycles. The highest BCUT2D eigenvalue weighted by atomic mass is 79.9. The van der Waals surface area contributed by atoms with E-state index in [1.165, 1.54) is 0 Å². The minimum atomic E-state index is -0.00501. The quantitative estimate of drug-likeness (QED) is 0.392. The van der Waals surface area contributed by atoms with E-state index in [2.05, 4.69) is 21.1 Å². The molecule has 5 heteroatoms. The molecule has 0 saturated heterocycles. The van der Waals surface area contributed by atoms with Crippen molar-refractivity contribution < 1.29 is 9.94 Å². The minimum Gasteiger partial charge on any atom is -0.457 e. The van der Waals surface area contributed by atoms with Gasteiger partial charge in [-0.25, -0.2) is 0 Å². The van der Waals surface area contributed by atoms with E-state index in [0.717, 1.165) is 5.56 Å². The summed E-state index contributed by atoms with van der Waals surface area (Å²) < 4.78 is 6.47. The van der Waals surface area contributed by atoms with Gasteiger partial charge < -0.3 is 15.7 Å². The lowest BCUT2D eigenvalue weighted by Crippen LogP contribution is -2.15. The number of nitrogens with zero attached hydrogens (tertiary/aromatic N) is 1. The molecular weight excluding hydrogens is 308 g/mol. The monoisotopic (exact) mass is 320 g/mol. The van der Waals surface area contributed by atoms with E-state index in [1.54, 1.807) is 12.1 Å². The molecule has 0 spiro atoms. The average molecular weight is 321 g/mol. The molecule has 0 aromatic heterocycles. The number of hydrogen-bond donors (Lipinski definition) is 2. The first-order chi connectivity index (χ1) is 9.11. The number of amidine groups is 1. The van der Waals surface area contributed by atoms with Crippen molar-refractivity contribution in [3.8, 4) is 11.5 Å². The molecule has 0 unspecified atom stereocenters. The lowest BCUT2D eigenvalue weighted by atomic mass is 10.2. The van der Waals surface area contributed by atoms with Gasteiger partial charge >= 0.3 is 0 Å². The summed E-state index contributed by atoms with van der Waals surface area (Å²) >= 11 is 3.36. The summed E-state index contributed by atoms with van der Waals surface area (Å²) in [6.07, 6.45) is 0. The first-order valence-electron chi connectivity index (χ1n) is 5.62. The first-order valence-corrected chi connectivity index (χ1v) is 6.42. The van der Waals surface area contributed by atoms with Crippen molar-refractivity contribution in [2.24, 2.45) is 10.9 Å². The molecule has 0 saturated carbocycles. The maximum absolute atomic E-state index is 8.83. The second kappa shape index (κ2) is 5.75. The van der Waals surface area contributed by atoms with Crippen LogP contribution < -0.4 is 10.5 Å². The van der Waals surface area contributed by atoms with E-state index in [1.807, 2.05) is 37.3 Å². The second-order valence-corrected chi connectivity index (χ2v) is 4.87. The van der Waals surface area contributed by atoms with Crippen LogP contribution in [0.25, 0.3) is 0 Å². The summed E-state index contributed by atoms with van der Waals surface area (Å²) in [6.45, 7) is 2.00. The van der Waals surface area contributed by atoms with Crippen LogP contribution in [0.4, 0.5) is 0 Å². The third-order valence-corrected chi connectivity index (χ3v) is 3.25. The van der Waals surface area contributed by atoms with Crippen LogP contribution in [0, 0.1) is 6.92 Å². The number of oxime groups is 1. The van der Waals surface area contributed by atoms with Crippen LogP contribution in [0.1, 0.15) is 11.1 Å². The van der Waals surface area contributed by atoms with Crippen molar-refractivity contribution in [1.29, 1.82) is 0 Å². The molecule has 4 nitrogen and oxygen atoms in total. The third kappa shape index (κ3) is 3.06. The number of ether oxygens (including phenoxy) is 1. The van der Waals surface area contributed by atoms with Gasteiger partial charge in [0.05, 0.1) is 5.56 Å². The number of benzene rings is 2. The molecule has 98 valence electrons. The van der Waals surface area contributed by atoms with Crippen molar-refractivity contribution in [2.45, 2.75) is 6.92 Å². The van der Waals surface area contributed by atoms with Crippen LogP contribution in [0.2, 0.25) is 0 Å². The molecule has 0 aliphatic rings. The highest BCUT2D eigenvalue weighted by Crippen LogP contribution is 2.30. The maximum Gasteiger partial charge on any atom is 0.175 e. The number of halogens is 1. The fourth-order valence-corrected chi connectivity index (χ4v) is 2.17. The van der Waals surface area contributed by atoms with Crippen LogP contribution in [0.3, 0.4) is 0 Å². The van der Waals surface area contributed by atoms with E-state index in [-0.39, 0.29) is 5.84 Å². The summed E-state index contributed by atoms with van der Waals surface area (Å²) in [4.78, 5) is 0. The summed E-state index contributed by atoms with van der Waals surface area (Å²) in [6, 6.07) is 13.0. The fourth-order valence-electron chi connectivity index (χ4n) is 1.62. The second-order valence-electron chi connectivity index (χ2n) is 4.01. The van der Waals surface area contributed by atoms with E-state index in [0.29, 0.717) is 21.5 Å². The topological polar surface area (TPSA) is 67.8 Å². The highest BCUT2D eigenvalue weighted by molar-refractivity contribution is 9.10. The van der Waals surface area contributed by atoms with Crippen LogP contribution in [-0.4, -0.2) is 11.0 Å². The van der Waals surface area contributed by atoms with Gasteiger partial charge in [0.15, 0.2) is 5.84 Å². The lowest BCUT2D eigenvalue weighted by Gasteiger charge is -2.11. The van der Waals surface area contributed by atoms with Crippen LogP contribution in [-0.2, 0) is 0 Å². The van der Waals surface area contributed by atoms with Crippen molar-refractivity contribution in [3.63, 3.8) is 0 Å². The number of nitrogens with two attached hydrogens (primary N) is 1. The fraction of sp³-hybridized carbons (Fsp3) is 0.0714. The zero-order valence-electron chi connectivity index (χ0n) is 10.3. The van der Waals surface area contributed by atoms with Crippen molar-refractivity contribution in [3.05, 3.63) is 58.1 Å². The Kier molecular flexibility index (Phi) is 4.06. The van der Waals surface area contributed by atoms with Gasteiger partial charge in [0.2, 0.25) is 0 Å². The van der Waals surface area contributed by atoms with Crippen molar-refractivity contribution in [2.75, 3.05) is 0 Å². The molecule has 0 aliphatic heterocycles. The summed E-state index contributed by atoms with van der Waals surface area (Å²) in [7, 11) is 0. The molecule has 3 N–H and O–H groups in total. The number of rotatable bonds is 3. The van der Waals surface area contributed by atoms with E-state index in [4.69, 9.17) is 15.7 Å². The molecule has 0 fully saturated rings. The predicted molar refractivity (Wildman–Crippen MR) is 77.9 cm³/mol. The van der Waals surface area contributed by atoms with Crippen molar-refractivity contribution in [1.82, 2.24) is 0 Å². The molecule has 2 rings (SSSR count). The highest BCUT2D eigenvalue weighted by Gasteiger charge is 2.13. The molecule has 0 atom stereocenters. The summed E-state index contributed by atoms with van der Waals surface area (Å²) in [5.41, 5.74) is 7.33. The van der Waals surface area contributed by atoms with E-state index < -0.39 is 0 Å². The third-order valence-electron chi connectivity index (χ3n) is 2.59. The molecular formula is C14H13BrN2O2. The van der Waals surface area contributed by atoms with Gasteiger partial charge in [0.25, 0.3) is 0 Å². The van der Waals surface area contributed by atoms with Crippen LogP contribution in [0.5, 0.6) is 11.5 Å². The molecule has 0 bridgehead atoms. The van der Waals surface area contributed by atoms with Gasteiger partial charge in [-0.05, 0) is 47.1 Å². The molecule has 0 aliphatic carbocycles. The lowest BCUT2D eigenvalue weighted by molar-refractivity contribution is 0.318. The Bertz CT molecular complexity index is 609. The Labute approximate surface area is 119 Å². The zero-order chi connectivity index (χ0) is 13.8. The maximum atomic E-state index is 8.83. The Morgan fingerprint density at radius 1 is 1.21 bits per heavy atom. The normalized spacial score (nSPS) is 11.4. The molecule has 0 heterocycles. The van der Waals surface area contributed by atoms with Gasteiger partial charge in [0.1, 0.15) is 11.5 Å². The van der Waals surface area contributed by atoms with Gasteiger partial charge in [-0.2, -0.15) is 0 Å². The Morgan fingerprint density at radius 2 is 1.89 bits per heavy atom. The smallest absolute Gasteiger partial charge is 0.175 e. The van der Waals surface area contributed by atoms with Gasteiger partial charge in [-0.1, -0.05) is 28.9 Å². The standard InChI is InChI=1S/C14H13BrN2O2/c1-9-5-7-10(8-6-9)19-12-4-2-3-11(15)13(12)14(16)17-18/h2-8,18H,1H3,(H2,16,17). The van der Waals surface area contributed by atoms with E-state index >= 15 is 0 Å². The molecule has 2 aromatic rings. The molecule has 0 amide bonds. The van der Waals surface area contributed by atoms with Crippen LogP contribution >= 0.6 is 15.9 Å². The Morgan fingerprint density at radius 3 is 2.53 bits per heavy atom. The molecule has 19 heavy (non-hydrogen) atoms. The van der Waals surface area contributed by atoms with E-state index in [9.17, 15) is 0 Å². The molecule has 0 radical (unpaired) electrons. The van der Waals surface area contributed by atoms with Gasteiger partial charge in [-0.15, -0.1) is 0 Å². The van der Waals surface area contributed by atoms with Gasteiger partial charge in [0, 0.05) is 4.47 Å². The largest absolute Gasteiger partial charge is 0.457 e. The predicted octanol–water partition coefficient (Wildman–Crippen LogP) is 3.64. The summed E-state index contributed by atoms with van der Waals surface area (Å²) in [5, 5.41) is 11.8. The van der Waals surface area contributed by atoms with Crippen molar-refractivity contribution >= 4 is 21.8 Å². The summed E-state index contributed by atoms with van der Waals surface area (Å²) in [5.74, 6) is 1.21. The Hall–Kier alpha value is -2.01.